The topological polar surface area (TPSA) is 97.3 Å². The number of nitrogens with zero attached hydrogens (tertiary/aromatic N) is 1. The van der Waals surface area contributed by atoms with Crippen LogP contribution in [0.3, 0.4) is 0 Å². The molecule has 0 bridgehead atoms. The van der Waals surface area contributed by atoms with Gasteiger partial charge in [0.15, 0.2) is 0 Å². The molecule has 5 nitrogen and oxygen atoms in total. The molecular weight excluding hydrogens is 344 g/mol. The molecule has 6 heteroatoms. The minimum absolute atomic E-state index is 0.0541. The van der Waals surface area contributed by atoms with E-state index in [9.17, 15) is 4.79 Å². The molecular formula is C20H32N4OS. The van der Waals surface area contributed by atoms with E-state index in [-0.39, 0.29) is 27.4 Å². The second kappa shape index (κ2) is 12.1. The molecule has 0 aliphatic heterocycles. The van der Waals surface area contributed by atoms with Gasteiger partial charge in [0.1, 0.15) is 11.4 Å². The average Bonchev–Trinajstić information content (AvgIpc) is 2.65. The van der Waals surface area contributed by atoms with Crippen molar-refractivity contribution in [3.8, 4) is 0 Å². The van der Waals surface area contributed by atoms with E-state index < -0.39 is 0 Å². The summed E-state index contributed by atoms with van der Waals surface area (Å²) in [5.41, 5.74) is 12.5. The maximum atomic E-state index is 11.8. The van der Waals surface area contributed by atoms with Gasteiger partial charge in [0.2, 0.25) is 0 Å². The molecule has 0 radical (unpaired) electrons. The molecule has 0 spiro atoms. The highest BCUT2D eigenvalue weighted by atomic mass is 32.2. The highest BCUT2D eigenvalue weighted by Crippen LogP contribution is 2.30. The number of H-pyrrole nitrogens is 1. The molecule has 0 saturated heterocycles. The molecule has 26 heavy (non-hydrogen) atoms. The normalized spacial score (nSPS) is 11.7. The first kappa shape index (κ1) is 23.7. The Morgan fingerprint density at radius 1 is 1.12 bits per heavy atom. The van der Waals surface area contributed by atoms with E-state index in [4.69, 9.17) is 11.5 Å². The van der Waals surface area contributed by atoms with Gasteiger partial charge < -0.3 is 16.5 Å². The Labute approximate surface area is 159 Å². The van der Waals surface area contributed by atoms with E-state index in [1.54, 1.807) is 6.07 Å². The third kappa shape index (κ3) is 6.52. The van der Waals surface area contributed by atoms with Gasteiger partial charge in [-0.2, -0.15) is 10.5 Å². The Morgan fingerprint density at radius 3 is 2.12 bits per heavy atom. The minimum atomic E-state index is -0.350. The number of aromatic nitrogens is 1. The Morgan fingerprint density at radius 2 is 1.65 bits per heavy atom. The number of hydrogen-bond donors (Lipinski definition) is 3. The van der Waals surface area contributed by atoms with Crippen LogP contribution in [0.25, 0.3) is 0 Å². The Bertz CT molecular complexity index is 777. The van der Waals surface area contributed by atoms with Crippen LogP contribution >= 0.6 is 10.5 Å². The zero-order valence-electron chi connectivity index (χ0n) is 16.7. The summed E-state index contributed by atoms with van der Waals surface area (Å²) in [5.74, 6) is 4.28. The van der Waals surface area contributed by atoms with Gasteiger partial charge in [-0.1, -0.05) is 47.4 Å². The van der Waals surface area contributed by atoms with E-state index in [0.717, 1.165) is 0 Å². The molecule has 5 N–H and O–H groups in total. The number of benzene rings is 1. The standard InChI is InChI=1S/C16H20N4OS.2C2H6/c1-10(2)22(3)12-6-4-11(5-7-12)20-15(18)14-13(17)8-9-19-16(14)21;2*1-2/h4-10H,3H2,1-2H3,(H2,18,20)(H3,17,19,21);2*1-2H3. The molecule has 1 atom stereocenters. The van der Waals surface area contributed by atoms with Crippen molar-refractivity contribution in [2.75, 3.05) is 5.73 Å². The third-order valence-electron chi connectivity index (χ3n) is 3.21. The van der Waals surface area contributed by atoms with Gasteiger partial charge in [-0.15, -0.1) is 0 Å². The van der Waals surface area contributed by atoms with Crippen LogP contribution in [-0.2, 0) is 0 Å². The molecule has 2 aromatic rings. The Kier molecular flexibility index (Phi) is 11.0. The molecule has 144 valence electrons. The van der Waals surface area contributed by atoms with Crippen molar-refractivity contribution in [2.45, 2.75) is 51.7 Å². The molecule has 0 saturated carbocycles. The number of amidine groups is 1. The largest absolute Gasteiger partial charge is 0.398 e. The van der Waals surface area contributed by atoms with Crippen molar-refractivity contribution in [1.82, 2.24) is 4.98 Å². The monoisotopic (exact) mass is 376 g/mol. The molecule has 1 aromatic heterocycles. The Hall–Kier alpha value is -2.34. The quantitative estimate of drug-likeness (QED) is 0.416. The van der Waals surface area contributed by atoms with Crippen LogP contribution in [0, 0.1) is 0 Å². The maximum absolute atomic E-state index is 11.8. The number of aliphatic imine (C=N–C) groups is 1. The number of aromatic amines is 1. The van der Waals surface area contributed by atoms with Crippen molar-refractivity contribution in [3.63, 3.8) is 0 Å². The van der Waals surface area contributed by atoms with Gasteiger partial charge in [0, 0.05) is 16.8 Å². The fourth-order valence-corrected chi connectivity index (χ4v) is 2.95. The van der Waals surface area contributed by atoms with Gasteiger partial charge >= 0.3 is 0 Å². The molecule has 0 aliphatic carbocycles. The SMILES string of the molecule is C=S(c1ccc(N=C(N)c2c(N)cc[nH]c2=O)cc1)C(C)C.CC.CC. The summed E-state index contributed by atoms with van der Waals surface area (Å²) in [5, 5.41) is 0.488. The number of nitrogens with two attached hydrogens (primary N) is 2. The van der Waals surface area contributed by atoms with Crippen molar-refractivity contribution in [1.29, 1.82) is 0 Å². The second-order valence-corrected chi connectivity index (χ2v) is 7.38. The number of anilines is 1. The summed E-state index contributed by atoms with van der Waals surface area (Å²) in [6.45, 7) is 12.3. The number of hydrogen-bond acceptors (Lipinski definition) is 3. The van der Waals surface area contributed by atoms with Crippen molar-refractivity contribution < 1.29 is 0 Å². The zero-order valence-corrected chi connectivity index (χ0v) is 17.5. The Balaban J connectivity index is 0.00000146. The highest BCUT2D eigenvalue weighted by molar-refractivity contribution is 8.14. The lowest BCUT2D eigenvalue weighted by Crippen LogP contribution is -2.25. The lowest BCUT2D eigenvalue weighted by Gasteiger charge is -2.11. The predicted molar refractivity (Wildman–Crippen MR) is 119 cm³/mol. The predicted octanol–water partition coefficient (Wildman–Crippen LogP) is 4.51. The highest BCUT2D eigenvalue weighted by Gasteiger charge is 2.09. The first-order chi connectivity index (χ1) is 12.4. The average molecular weight is 377 g/mol. The molecule has 0 amide bonds. The lowest BCUT2D eigenvalue weighted by atomic mass is 10.2. The van der Waals surface area contributed by atoms with E-state index >= 15 is 0 Å². The number of rotatable bonds is 4. The van der Waals surface area contributed by atoms with Crippen molar-refractivity contribution >= 4 is 33.6 Å². The molecule has 1 unspecified atom stereocenters. The molecule has 2 rings (SSSR count). The second-order valence-electron chi connectivity index (χ2n) is 5.11. The summed E-state index contributed by atoms with van der Waals surface area (Å²) in [7, 11) is -0.0541. The number of pyridine rings is 1. The van der Waals surface area contributed by atoms with E-state index in [0.29, 0.717) is 16.6 Å². The van der Waals surface area contributed by atoms with E-state index in [2.05, 4.69) is 29.7 Å². The number of nitrogen functional groups attached to an aromatic ring is 1. The maximum Gasteiger partial charge on any atom is 0.261 e. The van der Waals surface area contributed by atoms with Crippen molar-refractivity contribution in [3.05, 3.63) is 52.4 Å². The smallest absolute Gasteiger partial charge is 0.261 e. The third-order valence-corrected chi connectivity index (χ3v) is 5.22. The van der Waals surface area contributed by atoms with E-state index in [1.165, 1.54) is 11.1 Å². The lowest BCUT2D eigenvalue weighted by molar-refractivity contribution is 1.11. The van der Waals surface area contributed by atoms with E-state index in [1.807, 2.05) is 52.0 Å². The van der Waals surface area contributed by atoms with Crippen LogP contribution in [0.2, 0.25) is 0 Å². The minimum Gasteiger partial charge on any atom is -0.398 e. The van der Waals surface area contributed by atoms with Crippen LogP contribution < -0.4 is 17.0 Å². The van der Waals surface area contributed by atoms with Crippen LogP contribution in [0.15, 0.2) is 51.2 Å². The van der Waals surface area contributed by atoms with Crippen LogP contribution in [-0.4, -0.2) is 21.9 Å². The van der Waals surface area contributed by atoms with Crippen LogP contribution in [0.1, 0.15) is 47.1 Å². The van der Waals surface area contributed by atoms with Gasteiger partial charge in [0.05, 0.1) is 5.69 Å². The summed E-state index contributed by atoms with van der Waals surface area (Å²) in [6, 6.07) is 9.28. The fourth-order valence-electron chi connectivity index (χ4n) is 1.92. The summed E-state index contributed by atoms with van der Waals surface area (Å²) in [4.78, 5) is 19.8. The first-order valence-corrected chi connectivity index (χ1v) is 10.3. The molecule has 1 heterocycles. The first-order valence-electron chi connectivity index (χ1n) is 8.84. The number of nitrogens with one attached hydrogen (secondary N) is 1. The van der Waals surface area contributed by atoms with Crippen LogP contribution in [0.5, 0.6) is 0 Å². The van der Waals surface area contributed by atoms with Gasteiger partial charge in [-0.3, -0.25) is 4.79 Å². The van der Waals surface area contributed by atoms with Gasteiger partial charge in [-0.05, 0) is 35.6 Å². The van der Waals surface area contributed by atoms with Gasteiger partial charge in [-0.25, -0.2) is 4.99 Å². The molecule has 1 aromatic carbocycles. The summed E-state index contributed by atoms with van der Waals surface area (Å²) < 4.78 is 0. The van der Waals surface area contributed by atoms with Crippen molar-refractivity contribution in [2.24, 2.45) is 10.7 Å². The van der Waals surface area contributed by atoms with Gasteiger partial charge in [0.25, 0.3) is 5.56 Å². The van der Waals surface area contributed by atoms with Crippen LogP contribution in [0.4, 0.5) is 11.4 Å². The summed E-state index contributed by atoms with van der Waals surface area (Å²) in [6.07, 6.45) is 1.48. The molecule has 0 fully saturated rings. The fraction of sp³-hybridized carbons (Fsp3) is 0.350. The molecule has 0 aliphatic rings. The summed E-state index contributed by atoms with van der Waals surface area (Å²) >= 11 is 0. The zero-order chi connectivity index (χ0) is 20.3.